The standard InChI is InChI=1S/C13H14ClN3O/c14-9-4-1-3-8(7-9)11-12(16-17-13(11)15)10-5-2-6-18-10/h1,3-4,7,10H,2,5-6H2,(H3,15,16,17). The topological polar surface area (TPSA) is 63.9 Å². The second kappa shape index (κ2) is 4.63. The van der Waals surface area contributed by atoms with Gasteiger partial charge in [-0.3, -0.25) is 5.10 Å². The highest BCUT2D eigenvalue weighted by Gasteiger charge is 2.25. The molecule has 0 saturated carbocycles. The zero-order valence-corrected chi connectivity index (χ0v) is 10.6. The lowest BCUT2D eigenvalue weighted by Crippen LogP contribution is -1.99. The first-order valence-electron chi connectivity index (χ1n) is 5.97. The molecule has 1 unspecified atom stereocenters. The molecule has 1 atom stereocenters. The third-order valence-corrected chi connectivity index (χ3v) is 3.42. The molecule has 0 bridgehead atoms. The fraction of sp³-hybridized carbons (Fsp3) is 0.308. The summed E-state index contributed by atoms with van der Waals surface area (Å²) in [7, 11) is 0. The Bertz CT molecular complexity index is 561. The van der Waals surface area contributed by atoms with Crippen LogP contribution in [0.2, 0.25) is 5.02 Å². The van der Waals surface area contributed by atoms with Crippen molar-refractivity contribution in [3.05, 3.63) is 35.0 Å². The van der Waals surface area contributed by atoms with Crippen molar-refractivity contribution in [1.29, 1.82) is 0 Å². The van der Waals surface area contributed by atoms with Crippen molar-refractivity contribution in [2.45, 2.75) is 18.9 Å². The Morgan fingerprint density at radius 3 is 3.06 bits per heavy atom. The highest BCUT2D eigenvalue weighted by molar-refractivity contribution is 6.30. The van der Waals surface area contributed by atoms with E-state index in [1.54, 1.807) is 0 Å². The predicted octanol–water partition coefficient (Wildman–Crippen LogP) is 3.16. The number of aromatic amines is 1. The zero-order chi connectivity index (χ0) is 12.5. The first kappa shape index (κ1) is 11.6. The van der Waals surface area contributed by atoms with Gasteiger partial charge in [0.15, 0.2) is 5.82 Å². The van der Waals surface area contributed by atoms with Crippen LogP contribution in [0.5, 0.6) is 0 Å². The largest absolute Gasteiger partial charge is 0.382 e. The molecule has 0 spiro atoms. The van der Waals surface area contributed by atoms with E-state index >= 15 is 0 Å². The minimum atomic E-state index is 0.0591. The first-order chi connectivity index (χ1) is 8.75. The van der Waals surface area contributed by atoms with E-state index in [-0.39, 0.29) is 6.10 Å². The Hall–Kier alpha value is -1.52. The molecule has 1 aromatic heterocycles. The van der Waals surface area contributed by atoms with Crippen LogP contribution in [0.25, 0.3) is 11.1 Å². The van der Waals surface area contributed by atoms with Crippen LogP contribution in [0, 0.1) is 0 Å². The molecule has 0 aliphatic carbocycles. The van der Waals surface area contributed by atoms with Crippen LogP contribution in [0.1, 0.15) is 24.6 Å². The van der Waals surface area contributed by atoms with E-state index in [0.717, 1.165) is 36.3 Å². The maximum atomic E-state index is 6.02. The fourth-order valence-electron chi connectivity index (χ4n) is 2.36. The van der Waals surface area contributed by atoms with Crippen LogP contribution in [-0.2, 0) is 4.74 Å². The number of halogens is 1. The number of nitrogens with zero attached hydrogens (tertiary/aromatic N) is 1. The number of anilines is 1. The maximum Gasteiger partial charge on any atom is 0.153 e. The molecule has 0 amide bonds. The van der Waals surface area contributed by atoms with Crippen LogP contribution >= 0.6 is 11.6 Å². The smallest absolute Gasteiger partial charge is 0.153 e. The predicted molar refractivity (Wildman–Crippen MR) is 71.4 cm³/mol. The van der Waals surface area contributed by atoms with Gasteiger partial charge in [0.2, 0.25) is 0 Å². The summed E-state index contributed by atoms with van der Waals surface area (Å²) in [6, 6.07) is 7.61. The lowest BCUT2D eigenvalue weighted by Gasteiger charge is -2.10. The fourth-order valence-corrected chi connectivity index (χ4v) is 2.55. The van der Waals surface area contributed by atoms with Crippen LogP contribution in [-0.4, -0.2) is 16.8 Å². The average Bonchev–Trinajstić information content (AvgIpc) is 2.97. The Morgan fingerprint density at radius 2 is 2.33 bits per heavy atom. The Morgan fingerprint density at radius 1 is 1.44 bits per heavy atom. The lowest BCUT2D eigenvalue weighted by molar-refractivity contribution is 0.109. The highest BCUT2D eigenvalue weighted by Crippen LogP contribution is 2.37. The maximum absolute atomic E-state index is 6.02. The first-order valence-corrected chi connectivity index (χ1v) is 6.35. The van der Waals surface area contributed by atoms with Gasteiger partial charge < -0.3 is 10.5 Å². The van der Waals surface area contributed by atoms with Crippen molar-refractivity contribution >= 4 is 17.4 Å². The van der Waals surface area contributed by atoms with Crippen molar-refractivity contribution < 1.29 is 4.74 Å². The van der Waals surface area contributed by atoms with E-state index < -0.39 is 0 Å². The van der Waals surface area contributed by atoms with E-state index in [1.807, 2.05) is 24.3 Å². The summed E-state index contributed by atoms with van der Waals surface area (Å²) in [4.78, 5) is 0. The molecular formula is C13H14ClN3O. The summed E-state index contributed by atoms with van der Waals surface area (Å²) < 4.78 is 5.68. The third-order valence-electron chi connectivity index (χ3n) is 3.19. The third kappa shape index (κ3) is 1.98. The van der Waals surface area contributed by atoms with Gasteiger partial charge in [-0.05, 0) is 30.5 Å². The minimum Gasteiger partial charge on any atom is -0.382 e. The number of ether oxygens (including phenoxy) is 1. The van der Waals surface area contributed by atoms with E-state index in [1.165, 1.54) is 0 Å². The van der Waals surface area contributed by atoms with E-state index in [0.29, 0.717) is 10.8 Å². The number of nitrogen functional groups attached to an aromatic ring is 1. The summed E-state index contributed by atoms with van der Waals surface area (Å²) >= 11 is 6.02. The second-order valence-electron chi connectivity index (χ2n) is 4.41. The van der Waals surface area contributed by atoms with E-state index in [2.05, 4.69) is 10.2 Å². The molecule has 94 valence electrons. The molecule has 1 aliphatic rings. The summed E-state index contributed by atoms with van der Waals surface area (Å²) in [6.07, 6.45) is 2.12. The summed E-state index contributed by atoms with van der Waals surface area (Å²) in [5.74, 6) is 0.489. The Kier molecular flexibility index (Phi) is 2.97. The number of hydrogen-bond donors (Lipinski definition) is 2. The molecule has 3 rings (SSSR count). The van der Waals surface area contributed by atoms with E-state index in [4.69, 9.17) is 22.1 Å². The quantitative estimate of drug-likeness (QED) is 0.875. The van der Waals surface area contributed by atoms with Gasteiger partial charge in [-0.2, -0.15) is 5.10 Å². The summed E-state index contributed by atoms with van der Waals surface area (Å²) in [5, 5.41) is 7.77. The molecule has 18 heavy (non-hydrogen) atoms. The highest BCUT2D eigenvalue weighted by atomic mass is 35.5. The van der Waals surface area contributed by atoms with Gasteiger partial charge >= 0.3 is 0 Å². The number of nitrogens with one attached hydrogen (secondary N) is 1. The van der Waals surface area contributed by atoms with Crippen molar-refractivity contribution in [3.8, 4) is 11.1 Å². The van der Waals surface area contributed by atoms with Gasteiger partial charge in [0.1, 0.15) is 0 Å². The Labute approximate surface area is 110 Å². The van der Waals surface area contributed by atoms with Crippen LogP contribution in [0.4, 0.5) is 5.82 Å². The summed E-state index contributed by atoms with van der Waals surface area (Å²) in [6.45, 7) is 0.790. The number of benzene rings is 1. The van der Waals surface area contributed by atoms with Crippen molar-refractivity contribution in [2.75, 3.05) is 12.3 Å². The van der Waals surface area contributed by atoms with Crippen molar-refractivity contribution in [3.63, 3.8) is 0 Å². The molecule has 5 heteroatoms. The van der Waals surface area contributed by atoms with Crippen molar-refractivity contribution in [2.24, 2.45) is 0 Å². The van der Waals surface area contributed by atoms with Gasteiger partial charge in [0.25, 0.3) is 0 Å². The van der Waals surface area contributed by atoms with E-state index in [9.17, 15) is 0 Å². The molecule has 1 aliphatic heterocycles. The molecular weight excluding hydrogens is 250 g/mol. The van der Waals surface area contributed by atoms with Gasteiger partial charge in [-0.15, -0.1) is 0 Å². The minimum absolute atomic E-state index is 0.0591. The van der Waals surface area contributed by atoms with Gasteiger partial charge in [-0.25, -0.2) is 0 Å². The van der Waals surface area contributed by atoms with Gasteiger partial charge in [0, 0.05) is 17.2 Å². The average molecular weight is 264 g/mol. The molecule has 4 nitrogen and oxygen atoms in total. The number of nitrogens with two attached hydrogens (primary N) is 1. The number of H-pyrrole nitrogens is 1. The van der Waals surface area contributed by atoms with Crippen LogP contribution in [0.15, 0.2) is 24.3 Å². The number of rotatable bonds is 2. The van der Waals surface area contributed by atoms with Crippen LogP contribution in [0.3, 0.4) is 0 Å². The Balaban J connectivity index is 2.07. The number of aromatic nitrogens is 2. The number of hydrogen-bond acceptors (Lipinski definition) is 3. The monoisotopic (exact) mass is 263 g/mol. The zero-order valence-electron chi connectivity index (χ0n) is 9.82. The molecule has 1 fully saturated rings. The SMILES string of the molecule is Nc1n[nH]c(C2CCCO2)c1-c1cccc(Cl)c1. The normalized spacial score (nSPS) is 19.3. The lowest BCUT2D eigenvalue weighted by atomic mass is 10.0. The molecule has 1 aromatic carbocycles. The van der Waals surface area contributed by atoms with Crippen molar-refractivity contribution in [1.82, 2.24) is 10.2 Å². The molecule has 2 heterocycles. The van der Waals surface area contributed by atoms with Gasteiger partial charge in [0.05, 0.1) is 11.8 Å². The second-order valence-corrected chi connectivity index (χ2v) is 4.85. The summed E-state index contributed by atoms with van der Waals surface area (Å²) in [5.41, 5.74) is 8.78. The molecule has 0 radical (unpaired) electrons. The van der Waals surface area contributed by atoms with Gasteiger partial charge in [-0.1, -0.05) is 23.7 Å². The molecule has 3 N–H and O–H groups in total. The van der Waals surface area contributed by atoms with Crippen LogP contribution < -0.4 is 5.73 Å². The molecule has 1 saturated heterocycles. The molecule has 2 aromatic rings.